The van der Waals surface area contributed by atoms with Crippen LogP contribution >= 0.6 is 0 Å². The molecule has 0 radical (unpaired) electrons. The Bertz CT molecular complexity index is 1670. The van der Waals surface area contributed by atoms with E-state index in [9.17, 15) is 13.9 Å². The number of hydrogen-bond acceptors (Lipinski definition) is 7. The lowest BCUT2D eigenvalue weighted by Crippen LogP contribution is -2.51. The molecule has 214 valence electrons. The van der Waals surface area contributed by atoms with Crippen molar-refractivity contribution in [3.63, 3.8) is 0 Å². The number of H-pyrrole nitrogens is 1. The summed E-state index contributed by atoms with van der Waals surface area (Å²) in [5.41, 5.74) is 1.16. The molecule has 2 unspecified atom stereocenters. The van der Waals surface area contributed by atoms with Crippen LogP contribution in [0.1, 0.15) is 32.1 Å². The third-order valence-electron chi connectivity index (χ3n) is 9.44. The number of nitrogens with zero attached hydrogens (tertiary/aromatic N) is 4. The Labute approximate surface area is 234 Å². The summed E-state index contributed by atoms with van der Waals surface area (Å²) < 4.78 is 50.0. The smallest absolute Gasteiger partial charge is 0.217 e. The minimum absolute atomic E-state index is 0.0375. The largest absolute Gasteiger partial charge is 0.508 e. The number of halogens is 3. The van der Waals surface area contributed by atoms with Crippen molar-refractivity contribution in [1.82, 2.24) is 25.2 Å². The fourth-order valence-electron chi connectivity index (χ4n) is 7.59. The number of anilines is 1. The number of fused-ring (bicyclic) bond motifs is 5. The summed E-state index contributed by atoms with van der Waals surface area (Å²) in [6, 6.07) is 7.75. The van der Waals surface area contributed by atoms with Gasteiger partial charge in [0.25, 0.3) is 0 Å². The molecule has 4 atom stereocenters. The van der Waals surface area contributed by atoms with Crippen LogP contribution in [0.4, 0.5) is 19.0 Å². The summed E-state index contributed by atoms with van der Waals surface area (Å²) >= 11 is 0. The second-order valence-corrected chi connectivity index (χ2v) is 12.1. The van der Waals surface area contributed by atoms with Gasteiger partial charge in [0.15, 0.2) is 17.5 Å². The minimum atomic E-state index is -0.998. The van der Waals surface area contributed by atoms with Crippen LogP contribution < -0.4 is 15.0 Å². The molecular formula is C30H31F3N6O2. The second kappa shape index (κ2) is 9.22. The number of alkyl halides is 1. The van der Waals surface area contributed by atoms with E-state index in [-0.39, 0.29) is 22.2 Å². The third-order valence-corrected chi connectivity index (χ3v) is 9.44. The van der Waals surface area contributed by atoms with Crippen LogP contribution in [0.2, 0.25) is 0 Å². The number of phenolic OH excluding ortho intramolecular Hbond substituents is 1. The van der Waals surface area contributed by atoms with Gasteiger partial charge >= 0.3 is 0 Å². The van der Waals surface area contributed by atoms with Crippen LogP contribution in [0, 0.1) is 11.6 Å². The molecule has 4 aromatic rings. The number of imidazole rings is 1. The van der Waals surface area contributed by atoms with Crippen LogP contribution in [-0.4, -0.2) is 81.5 Å². The van der Waals surface area contributed by atoms with E-state index >= 15 is 4.39 Å². The quantitative estimate of drug-likeness (QED) is 0.325. The van der Waals surface area contributed by atoms with Crippen molar-refractivity contribution >= 4 is 27.6 Å². The van der Waals surface area contributed by atoms with Crippen LogP contribution in [0.5, 0.6) is 11.6 Å². The van der Waals surface area contributed by atoms with Crippen molar-refractivity contribution in [2.45, 2.75) is 55.9 Å². The van der Waals surface area contributed by atoms with Gasteiger partial charge < -0.3 is 25.0 Å². The maximum Gasteiger partial charge on any atom is 0.217 e. The van der Waals surface area contributed by atoms with E-state index in [0.717, 1.165) is 51.4 Å². The van der Waals surface area contributed by atoms with Gasteiger partial charge in [-0.3, -0.25) is 4.90 Å². The van der Waals surface area contributed by atoms with Crippen LogP contribution in [0.25, 0.3) is 33.2 Å². The maximum atomic E-state index is 15.1. The van der Waals surface area contributed by atoms with E-state index in [0.29, 0.717) is 65.6 Å². The molecule has 8 nitrogen and oxygen atoms in total. The van der Waals surface area contributed by atoms with Crippen LogP contribution in [0.15, 0.2) is 30.3 Å². The number of rotatable bonds is 5. The fourth-order valence-corrected chi connectivity index (χ4v) is 7.59. The van der Waals surface area contributed by atoms with E-state index in [2.05, 4.69) is 20.1 Å². The molecule has 4 fully saturated rings. The van der Waals surface area contributed by atoms with Crippen molar-refractivity contribution in [2.75, 3.05) is 37.7 Å². The highest BCUT2D eigenvalue weighted by Crippen LogP contribution is 2.41. The molecule has 2 aromatic heterocycles. The molecule has 4 saturated heterocycles. The Morgan fingerprint density at radius 2 is 1.90 bits per heavy atom. The first kappa shape index (κ1) is 25.2. The number of aromatic amines is 1. The van der Waals surface area contributed by atoms with Crippen molar-refractivity contribution in [3.8, 4) is 23.0 Å². The van der Waals surface area contributed by atoms with Crippen LogP contribution in [0.3, 0.4) is 0 Å². The van der Waals surface area contributed by atoms with Gasteiger partial charge in [-0.15, -0.1) is 0 Å². The van der Waals surface area contributed by atoms with E-state index in [1.807, 2.05) is 0 Å². The number of aromatic hydroxyl groups is 1. The molecule has 3 N–H and O–H groups in total. The van der Waals surface area contributed by atoms with Gasteiger partial charge in [-0.05, 0) is 55.8 Å². The highest BCUT2D eigenvalue weighted by molar-refractivity contribution is 5.99. The standard InChI is InChI=1S/C30H31F3N6O2/c31-17-11-30(6-1-7-39(30)12-17)15-41-24-10-23-27(29(36-24)38-13-18-3-4-19(14-38)34-18)37-28(35-23)21-9-20(40)8-16-2-5-22(32)26(33)25(16)21/h2,5,8-10,17-19,34,40H,1,3-4,6-7,11-15H2,(H,35,37)/t17-,18?,19?,30+/m1/s1. The molecule has 0 amide bonds. The normalized spacial score (nSPS) is 27.8. The first-order valence-corrected chi connectivity index (χ1v) is 14.4. The molecule has 6 heterocycles. The van der Waals surface area contributed by atoms with Gasteiger partial charge in [-0.25, -0.2) is 18.2 Å². The summed E-state index contributed by atoms with van der Waals surface area (Å²) in [5.74, 6) is -0.691. The van der Waals surface area contributed by atoms with Gasteiger partial charge in [-0.1, -0.05) is 6.07 Å². The van der Waals surface area contributed by atoms with Crippen molar-refractivity contribution < 1.29 is 23.0 Å². The molecule has 4 aliphatic heterocycles. The molecule has 11 heteroatoms. The Morgan fingerprint density at radius 1 is 1.07 bits per heavy atom. The second-order valence-electron chi connectivity index (χ2n) is 12.1. The number of piperazine rings is 1. The summed E-state index contributed by atoms with van der Waals surface area (Å²) in [4.78, 5) is 17.5. The molecule has 0 spiro atoms. The number of hydrogen-bond donors (Lipinski definition) is 3. The Balaban J connectivity index is 1.23. The van der Waals surface area contributed by atoms with Gasteiger partial charge in [-0.2, -0.15) is 4.98 Å². The Hall–Kier alpha value is -3.57. The maximum absolute atomic E-state index is 15.1. The summed E-state index contributed by atoms with van der Waals surface area (Å²) in [6.45, 7) is 3.20. The van der Waals surface area contributed by atoms with E-state index < -0.39 is 17.8 Å². The number of ether oxygens (including phenoxy) is 1. The van der Waals surface area contributed by atoms with Gasteiger partial charge in [0.1, 0.15) is 29.9 Å². The highest BCUT2D eigenvalue weighted by atomic mass is 19.2. The van der Waals surface area contributed by atoms with E-state index in [1.54, 1.807) is 6.07 Å². The van der Waals surface area contributed by atoms with Crippen LogP contribution in [-0.2, 0) is 0 Å². The van der Waals surface area contributed by atoms with Crippen molar-refractivity contribution in [1.29, 1.82) is 0 Å². The monoisotopic (exact) mass is 564 g/mol. The molecule has 0 saturated carbocycles. The SMILES string of the molecule is Oc1cc(-c2nc3c(N4CC5CCC(C4)N5)nc(OC[C@@]45CCCN4C[C@H](F)C5)cc3[nH]2)c2c(F)c(F)ccc2c1. The van der Waals surface area contributed by atoms with Gasteiger partial charge in [0, 0.05) is 55.2 Å². The lowest BCUT2D eigenvalue weighted by Gasteiger charge is -2.34. The van der Waals surface area contributed by atoms with Gasteiger partial charge in [0.05, 0.1) is 11.1 Å². The molecular weight excluding hydrogens is 533 g/mol. The lowest BCUT2D eigenvalue weighted by atomic mass is 9.95. The average molecular weight is 565 g/mol. The molecule has 8 rings (SSSR count). The predicted molar refractivity (Wildman–Crippen MR) is 149 cm³/mol. The van der Waals surface area contributed by atoms with E-state index in [1.165, 1.54) is 18.2 Å². The Kier molecular flexibility index (Phi) is 5.66. The summed E-state index contributed by atoms with van der Waals surface area (Å²) in [5, 5.41) is 14.4. The minimum Gasteiger partial charge on any atom is -0.508 e. The summed E-state index contributed by atoms with van der Waals surface area (Å²) in [6.07, 6.45) is 3.72. The third kappa shape index (κ3) is 4.12. The molecule has 2 bridgehead atoms. The number of phenols is 1. The zero-order chi connectivity index (χ0) is 27.9. The average Bonchev–Trinajstić information content (AvgIpc) is 3.70. The first-order valence-electron chi connectivity index (χ1n) is 14.4. The fraction of sp³-hybridized carbons (Fsp3) is 0.467. The van der Waals surface area contributed by atoms with Gasteiger partial charge in [0.2, 0.25) is 5.88 Å². The van der Waals surface area contributed by atoms with Crippen molar-refractivity contribution in [2.24, 2.45) is 0 Å². The number of aromatic nitrogens is 3. The van der Waals surface area contributed by atoms with Crippen molar-refractivity contribution in [3.05, 3.63) is 42.0 Å². The number of nitrogens with one attached hydrogen (secondary N) is 2. The topological polar surface area (TPSA) is 89.5 Å². The van der Waals surface area contributed by atoms with E-state index in [4.69, 9.17) is 14.7 Å². The molecule has 4 aliphatic rings. The molecule has 2 aromatic carbocycles. The Morgan fingerprint density at radius 3 is 2.73 bits per heavy atom. The number of pyridine rings is 1. The zero-order valence-corrected chi connectivity index (χ0v) is 22.5. The molecule has 0 aliphatic carbocycles. The predicted octanol–water partition coefficient (Wildman–Crippen LogP) is 4.66. The lowest BCUT2D eigenvalue weighted by molar-refractivity contribution is 0.111. The molecule has 41 heavy (non-hydrogen) atoms. The first-order chi connectivity index (χ1) is 19.8. The zero-order valence-electron chi connectivity index (χ0n) is 22.5. The summed E-state index contributed by atoms with van der Waals surface area (Å²) in [7, 11) is 0. The number of benzene rings is 2. The highest BCUT2D eigenvalue weighted by Gasteiger charge is 2.49.